The third-order valence-corrected chi connectivity index (χ3v) is 3.73. The number of rotatable bonds is 8. The highest BCUT2D eigenvalue weighted by Gasteiger charge is 2.29. The van der Waals surface area contributed by atoms with Gasteiger partial charge in [0.15, 0.2) is 0 Å². The maximum absolute atomic E-state index is 12.0. The van der Waals surface area contributed by atoms with Crippen LogP contribution in [0.25, 0.3) is 0 Å². The van der Waals surface area contributed by atoms with Crippen LogP contribution in [0.1, 0.15) is 16.7 Å². The molecule has 2 rings (SSSR count). The summed E-state index contributed by atoms with van der Waals surface area (Å²) in [7, 11) is 1.65. The fourth-order valence-corrected chi connectivity index (χ4v) is 2.39. The molecular weight excluding hydrogens is 397 g/mol. The molecule has 1 amide bonds. The van der Waals surface area contributed by atoms with Crippen molar-refractivity contribution in [2.24, 2.45) is 5.73 Å². The summed E-state index contributed by atoms with van der Waals surface area (Å²) in [6, 6.07) is 9.77. The second-order valence-corrected chi connectivity index (χ2v) is 5.71. The number of carbonyl (C=O) groups is 1. The summed E-state index contributed by atoms with van der Waals surface area (Å²) in [4.78, 5) is 9.92. The van der Waals surface area contributed by atoms with Crippen molar-refractivity contribution < 1.29 is 31.4 Å². The third-order valence-electron chi connectivity index (χ3n) is 3.46. The molecule has 0 spiro atoms. The first-order valence-electron chi connectivity index (χ1n) is 8.02. The predicted molar refractivity (Wildman–Crippen MR) is 102 cm³/mol. The Hall–Kier alpha value is -2.27. The summed E-state index contributed by atoms with van der Waals surface area (Å²) in [6.45, 7) is 1.13. The molecule has 0 heterocycles. The molecule has 154 valence electrons. The largest absolute Gasteiger partial charge is 0.416 e. The molecule has 2 aromatic rings. The molecule has 0 saturated heterocycles. The quantitative estimate of drug-likeness (QED) is 0.441. The van der Waals surface area contributed by atoms with Gasteiger partial charge in [0, 0.05) is 12.8 Å². The van der Waals surface area contributed by atoms with Crippen LogP contribution in [0.5, 0.6) is 5.75 Å². The van der Waals surface area contributed by atoms with Gasteiger partial charge in [-0.3, -0.25) is 9.35 Å². The average molecular weight is 418 g/mol. The molecule has 0 saturated carbocycles. The molecule has 2 aromatic carbocycles. The number of ether oxygens (including phenoxy) is 1. The summed E-state index contributed by atoms with van der Waals surface area (Å²) in [6.07, 6.45) is -3.16. The van der Waals surface area contributed by atoms with Gasteiger partial charge >= 0.3 is 6.18 Å². The summed E-state index contributed by atoms with van der Waals surface area (Å²) in [5.74, 6) is 0.616. The standard InChI is InChI=1S/C10H15NO3S.C8H6F3NO/c1-13-7-9-2-3-10(14-15-12)6-8(9)4-5-11;9-8(10,11)6-1-3-7(4-2-6)12-5-13/h2-3,6,12H,4-5,7,11H2,1H3;1-5H,(H,12,13). The van der Waals surface area contributed by atoms with Crippen LogP contribution in [0.4, 0.5) is 18.9 Å². The Balaban J connectivity index is 0.000000283. The highest BCUT2D eigenvalue weighted by molar-refractivity contribution is 7.89. The molecule has 0 bridgehead atoms. The summed E-state index contributed by atoms with van der Waals surface area (Å²) < 4.78 is 54.6. The molecule has 6 nitrogen and oxygen atoms in total. The summed E-state index contributed by atoms with van der Waals surface area (Å²) in [5.41, 5.74) is 7.30. The van der Waals surface area contributed by atoms with Crippen molar-refractivity contribution in [3.8, 4) is 5.75 Å². The van der Waals surface area contributed by atoms with Crippen LogP contribution < -0.4 is 15.2 Å². The van der Waals surface area contributed by atoms with E-state index in [1.54, 1.807) is 13.2 Å². The molecule has 0 atom stereocenters. The Labute approximate surface area is 165 Å². The zero-order valence-corrected chi connectivity index (χ0v) is 15.8. The lowest BCUT2D eigenvalue weighted by Gasteiger charge is -2.09. The van der Waals surface area contributed by atoms with Crippen LogP contribution >= 0.6 is 12.3 Å². The Kier molecular flexibility index (Phi) is 10.4. The van der Waals surface area contributed by atoms with E-state index >= 15 is 0 Å². The van der Waals surface area contributed by atoms with Crippen molar-refractivity contribution in [1.29, 1.82) is 0 Å². The number of nitrogens with two attached hydrogens (primary N) is 1. The van der Waals surface area contributed by atoms with Crippen molar-refractivity contribution in [2.45, 2.75) is 19.2 Å². The van der Waals surface area contributed by atoms with E-state index in [1.165, 1.54) is 12.1 Å². The summed E-state index contributed by atoms with van der Waals surface area (Å²) in [5, 5.41) is 2.24. The Morgan fingerprint density at radius 3 is 2.36 bits per heavy atom. The van der Waals surface area contributed by atoms with E-state index in [2.05, 4.69) is 5.32 Å². The minimum Gasteiger partial charge on any atom is -0.401 e. The zero-order valence-electron chi connectivity index (χ0n) is 15.0. The van der Waals surface area contributed by atoms with Gasteiger partial charge in [0.25, 0.3) is 0 Å². The van der Waals surface area contributed by atoms with Gasteiger partial charge in [-0.15, -0.1) is 0 Å². The molecule has 0 aliphatic heterocycles. The minimum atomic E-state index is -4.33. The maximum atomic E-state index is 12.0. The van der Waals surface area contributed by atoms with E-state index < -0.39 is 11.7 Å². The van der Waals surface area contributed by atoms with Crippen LogP contribution in [0.2, 0.25) is 0 Å². The highest BCUT2D eigenvalue weighted by Crippen LogP contribution is 2.29. The van der Waals surface area contributed by atoms with Crippen LogP contribution in [0.3, 0.4) is 0 Å². The molecular formula is C18H21F3N2O4S. The Bertz CT molecular complexity index is 728. The third kappa shape index (κ3) is 8.17. The van der Waals surface area contributed by atoms with Gasteiger partial charge in [0.2, 0.25) is 18.7 Å². The van der Waals surface area contributed by atoms with Crippen LogP contribution in [0.15, 0.2) is 42.5 Å². The normalized spacial score (nSPS) is 10.6. The van der Waals surface area contributed by atoms with E-state index in [1.807, 2.05) is 12.1 Å². The van der Waals surface area contributed by atoms with E-state index in [4.69, 9.17) is 19.2 Å². The van der Waals surface area contributed by atoms with Gasteiger partial charge in [-0.2, -0.15) is 13.2 Å². The molecule has 0 fully saturated rings. The average Bonchev–Trinajstić information content (AvgIpc) is 2.65. The maximum Gasteiger partial charge on any atom is 0.416 e. The number of amides is 1. The first kappa shape index (κ1) is 23.8. The molecule has 0 aliphatic rings. The fraction of sp³-hybridized carbons (Fsp3) is 0.278. The molecule has 0 unspecified atom stereocenters. The van der Waals surface area contributed by atoms with Crippen molar-refractivity contribution in [3.63, 3.8) is 0 Å². The van der Waals surface area contributed by atoms with Crippen molar-refractivity contribution >= 4 is 24.4 Å². The van der Waals surface area contributed by atoms with Gasteiger partial charge in [-0.1, -0.05) is 6.07 Å². The zero-order chi connectivity index (χ0) is 21.0. The Morgan fingerprint density at radius 1 is 1.18 bits per heavy atom. The first-order chi connectivity index (χ1) is 13.3. The summed E-state index contributed by atoms with van der Waals surface area (Å²) >= 11 is 0.338. The minimum absolute atomic E-state index is 0.336. The molecule has 0 aromatic heterocycles. The second kappa shape index (κ2) is 12.2. The number of hydrogen-bond donors (Lipinski definition) is 3. The molecule has 10 heteroatoms. The van der Waals surface area contributed by atoms with Crippen LogP contribution in [0, 0.1) is 0 Å². The lowest BCUT2D eigenvalue weighted by atomic mass is 10.0. The van der Waals surface area contributed by atoms with Crippen LogP contribution in [-0.2, 0) is 28.7 Å². The SMILES string of the molecule is COCc1ccc(OSO)cc1CCN.O=CNc1ccc(C(F)(F)F)cc1. The van der Waals surface area contributed by atoms with Gasteiger partial charge in [-0.05, 0) is 60.5 Å². The van der Waals surface area contributed by atoms with Gasteiger partial charge in [-0.25, -0.2) is 0 Å². The highest BCUT2D eigenvalue weighted by atomic mass is 32.2. The number of halogens is 3. The van der Waals surface area contributed by atoms with Gasteiger partial charge in [0.05, 0.1) is 12.2 Å². The number of benzene rings is 2. The van der Waals surface area contributed by atoms with E-state index in [9.17, 15) is 18.0 Å². The number of carbonyl (C=O) groups excluding carboxylic acids is 1. The number of methoxy groups -OCH3 is 1. The second-order valence-electron chi connectivity index (χ2n) is 5.40. The van der Waals surface area contributed by atoms with Gasteiger partial charge < -0.3 is 20.0 Å². The molecule has 0 aliphatic carbocycles. The van der Waals surface area contributed by atoms with E-state index in [0.717, 1.165) is 29.7 Å². The monoisotopic (exact) mass is 418 g/mol. The van der Waals surface area contributed by atoms with Crippen molar-refractivity contribution in [3.05, 3.63) is 59.2 Å². The predicted octanol–water partition coefficient (Wildman–Crippen LogP) is 4.11. The van der Waals surface area contributed by atoms with Crippen molar-refractivity contribution in [2.75, 3.05) is 19.0 Å². The number of hydrogen-bond acceptors (Lipinski definition) is 6. The number of anilines is 1. The number of nitrogens with one attached hydrogen (secondary N) is 1. The van der Waals surface area contributed by atoms with E-state index in [-0.39, 0.29) is 0 Å². The van der Waals surface area contributed by atoms with E-state index in [0.29, 0.717) is 43.3 Å². The molecule has 4 N–H and O–H groups in total. The van der Waals surface area contributed by atoms with Crippen molar-refractivity contribution in [1.82, 2.24) is 0 Å². The fourth-order valence-electron chi connectivity index (χ4n) is 2.21. The number of alkyl halides is 3. The molecule has 0 radical (unpaired) electrons. The lowest BCUT2D eigenvalue weighted by molar-refractivity contribution is -0.137. The topological polar surface area (TPSA) is 93.8 Å². The van der Waals surface area contributed by atoms with Gasteiger partial charge in [0.1, 0.15) is 5.75 Å². The van der Waals surface area contributed by atoms with Crippen LogP contribution in [-0.4, -0.2) is 24.6 Å². The Morgan fingerprint density at radius 2 is 1.86 bits per heavy atom. The lowest BCUT2D eigenvalue weighted by Crippen LogP contribution is -2.06. The molecule has 28 heavy (non-hydrogen) atoms. The smallest absolute Gasteiger partial charge is 0.401 e. The first-order valence-corrected chi connectivity index (χ1v) is 8.71.